The number of anilines is 6. The quantitative estimate of drug-likeness (QED) is 0.145. The average molecular weight is 909 g/mol. The molecule has 0 aliphatic carbocycles. The van der Waals surface area contributed by atoms with Crippen molar-refractivity contribution in [3.8, 4) is 22.5 Å². The van der Waals surface area contributed by atoms with Crippen LogP contribution in [0, 0.1) is 0 Å². The van der Waals surface area contributed by atoms with E-state index in [9.17, 15) is 0 Å². The second-order valence-corrected chi connectivity index (χ2v) is 18.2. The van der Waals surface area contributed by atoms with E-state index in [1.165, 1.54) is 32.6 Å². The first-order valence-electron chi connectivity index (χ1n) is 24.2. The molecule has 0 unspecified atom stereocenters. The maximum atomic E-state index is 6.38. The standard InChI is InChI=1S/C66H44N4O/c1-5-19-47(20-6-1)67(51-34-36-57-55-27-13-16-30-61(55)69(63(57)43-51)49-23-9-3-10-24-49)53-39-46(45-33-38-66-60(41-45)59-29-15-18-32-65(59)71-66)40-54(42-53)68(48-21-7-2-8-22-48)52-35-37-58-56-28-14-17-31-62(56)70(64(58)44-52)50-25-11-4-12-26-50/h1-44H. The van der Waals surface area contributed by atoms with Gasteiger partial charge in [0, 0.05) is 77.8 Å². The first kappa shape index (κ1) is 40.5. The van der Waals surface area contributed by atoms with Crippen molar-refractivity contribution < 1.29 is 4.42 Å². The van der Waals surface area contributed by atoms with Crippen LogP contribution in [0.4, 0.5) is 34.1 Å². The molecule has 14 aromatic rings. The van der Waals surface area contributed by atoms with Gasteiger partial charge in [-0.15, -0.1) is 0 Å². The Labute approximate surface area is 410 Å². The third-order valence-corrected chi connectivity index (χ3v) is 14.0. The molecule has 0 aliphatic heterocycles. The molecule has 0 fully saturated rings. The highest BCUT2D eigenvalue weighted by molar-refractivity contribution is 6.12. The zero-order valence-electron chi connectivity index (χ0n) is 38.6. The van der Waals surface area contributed by atoms with Crippen molar-refractivity contribution in [2.45, 2.75) is 0 Å². The molecule has 0 aliphatic rings. The van der Waals surface area contributed by atoms with E-state index in [4.69, 9.17) is 4.42 Å². The summed E-state index contributed by atoms with van der Waals surface area (Å²) < 4.78 is 11.2. The van der Waals surface area contributed by atoms with Crippen LogP contribution in [0.15, 0.2) is 271 Å². The highest BCUT2D eigenvalue weighted by Gasteiger charge is 2.23. The van der Waals surface area contributed by atoms with E-state index in [1.807, 2.05) is 12.1 Å². The number of benzene rings is 11. The Bertz CT molecular complexity index is 4070. The van der Waals surface area contributed by atoms with E-state index < -0.39 is 0 Å². The highest BCUT2D eigenvalue weighted by atomic mass is 16.3. The summed E-state index contributed by atoms with van der Waals surface area (Å²) in [6, 6.07) is 96.2. The minimum absolute atomic E-state index is 0.868. The third kappa shape index (κ3) is 6.78. The van der Waals surface area contributed by atoms with Gasteiger partial charge in [0.2, 0.25) is 0 Å². The molecule has 5 nitrogen and oxygen atoms in total. The van der Waals surface area contributed by atoms with Gasteiger partial charge in [-0.25, -0.2) is 0 Å². The maximum Gasteiger partial charge on any atom is 0.135 e. The largest absolute Gasteiger partial charge is 0.456 e. The molecule has 0 amide bonds. The molecule has 71 heavy (non-hydrogen) atoms. The molecule has 3 aromatic heterocycles. The van der Waals surface area contributed by atoms with Gasteiger partial charge in [0.15, 0.2) is 0 Å². The molecule has 0 saturated carbocycles. The zero-order chi connectivity index (χ0) is 46.8. The van der Waals surface area contributed by atoms with E-state index in [0.29, 0.717) is 0 Å². The minimum Gasteiger partial charge on any atom is -0.456 e. The van der Waals surface area contributed by atoms with Crippen LogP contribution in [0.2, 0.25) is 0 Å². The fourth-order valence-electron chi connectivity index (χ4n) is 10.9. The zero-order valence-corrected chi connectivity index (χ0v) is 38.6. The fourth-order valence-corrected chi connectivity index (χ4v) is 10.9. The second kappa shape index (κ2) is 16.6. The molecule has 0 N–H and O–H groups in total. The van der Waals surface area contributed by atoms with E-state index in [0.717, 1.165) is 89.6 Å². The van der Waals surface area contributed by atoms with Crippen molar-refractivity contribution in [2.24, 2.45) is 0 Å². The van der Waals surface area contributed by atoms with Gasteiger partial charge in [-0.3, -0.25) is 0 Å². The first-order valence-corrected chi connectivity index (χ1v) is 24.2. The Hall–Kier alpha value is -9.58. The van der Waals surface area contributed by atoms with Gasteiger partial charge in [0.1, 0.15) is 11.2 Å². The molecule has 0 radical (unpaired) electrons. The number of rotatable bonds is 9. The SMILES string of the molecule is c1ccc(N(c2cc(-c3ccc4oc5ccccc5c4c3)cc(N(c3ccccc3)c3ccc4c5ccccc5n(-c5ccccc5)c4c3)c2)c2ccc3c4ccccc4n(-c4ccccc4)c3c2)cc1. The predicted molar refractivity (Wildman–Crippen MR) is 297 cm³/mol. The summed E-state index contributed by atoms with van der Waals surface area (Å²) in [6.45, 7) is 0. The van der Waals surface area contributed by atoms with Crippen LogP contribution in [0.5, 0.6) is 0 Å². The van der Waals surface area contributed by atoms with Gasteiger partial charge >= 0.3 is 0 Å². The van der Waals surface area contributed by atoms with E-state index in [2.05, 4.69) is 274 Å². The van der Waals surface area contributed by atoms with E-state index in [-0.39, 0.29) is 0 Å². The Kier molecular flexibility index (Phi) is 9.46. The molecule has 11 aromatic carbocycles. The molecule has 0 bridgehead atoms. The smallest absolute Gasteiger partial charge is 0.135 e. The Balaban J connectivity index is 1.04. The van der Waals surface area contributed by atoms with Gasteiger partial charge in [0.05, 0.1) is 22.1 Å². The van der Waals surface area contributed by atoms with Crippen LogP contribution < -0.4 is 9.80 Å². The van der Waals surface area contributed by atoms with Gasteiger partial charge < -0.3 is 23.4 Å². The van der Waals surface area contributed by atoms with Crippen molar-refractivity contribution in [3.05, 3.63) is 267 Å². The van der Waals surface area contributed by atoms with Crippen LogP contribution in [-0.2, 0) is 0 Å². The number of nitrogens with zero attached hydrogens (tertiary/aromatic N) is 4. The Morgan fingerprint density at radius 1 is 0.239 bits per heavy atom. The lowest BCUT2D eigenvalue weighted by molar-refractivity contribution is 0.669. The first-order chi connectivity index (χ1) is 35.2. The average Bonchev–Trinajstić information content (AvgIpc) is 4.09. The number of fused-ring (bicyclic) bond motifs is 9. The summed E-state index contributed by atoms with van der Waals surface area (Å²) in [5.74, 6) is 0. The van der Waals surface area contributed by atoms with Crippen LogP contribution >= 0.6 is 0 Å². The lowest BCUT2D eigenvalue weighted by Crippen LogP contribution is -2.14. The third-order valence-electron chi connectivity index (χ3n) is 14.0. The maximum absolute atomic E-state index is 6.38. The summed E-state index contributed by atoms with van der Waals surface area (Å²) in [7, 11) is 0. The van der Waals surface area contributed by atoms with Crippen LogP contribution in [0.3, 0.4) is 0 Å². The molecule has 0 saturated heterocycles. The molecule has 5 heteroatoms. The molecular weight excluding hydrogens is 865 g/mol. The lowest BCUT2D eigenvalue weighted by Gasteiger charge is -2.30. The predicted octanol–water partition coefficient (Wildman–Crippen LogP) is 18.4. The molecule has 334 valence electrons. The number of furan rings is 1. The van der Waals surface area contributed by atoms with E-state index >= 15 is 0 Å². The van der Waals surface area contributed by atoms with Crippen molar-refractivity contribution in [2.75, 3.05) is 9.80 Å². The highest BCUT2D eigenvalue weighted by Crippen LogP contribution is 2.46. The lowest BCUT2D eigenvalue weighted by atomic mass is 10.00. The summed E-state index contributed by atoms with van der Waals surface area (Å²) in [4.78, 5) is 4.82. The van der Waals surface area contributed by atoms with E-state index in [1.54, 1.807) is 0 Å². The summed E-state index contributed by atoms with van der Waals surface area (Å²) >= 11 is 0. The number of para-hydroxylation sites is 7. The second-order valence-electron chi connectivity index (χ2n) is 18.2. The number of hydrogen-bond donors (Lipinski definition) is 0. The molecule has 0 atom stereocenters. The molecule has 0 spiro atoms. The van der Waals surface area contributed by atoms with Crippen molar-refractivity contribution in [3.63, 3.8) is 0 Å². The molecule has 3 heterocycles. The Morgan fingerprint density at radius 3 is 1.18 bits per heavy atom. The van der Waals surface area contributed by atoms with Crippen LogP contribution in [0.25, 0.3) is 88.1 Å². The monoisotopic (exact) mass is 908 g/mol. The van der Waals surface area contributed by atoms with Crippen LogP contribution in [-0.4, -0.2) is 9.13 Å². The normalized spacial score (nSPS) is 11.7. The summed E-state index contributed by atoms with van der Waals surface area (Å²) in [5.41, 5.74) is 17.0. The van der Waals surface area contributed by atoms with Gasteiger partial charge in [-0.2, -0.15) is 0 Å². The topological polar surface area (TPSA) is 29.5 Å². The number of aromatic nitrogens is 2. The molecular formula is C66H44N4O. The summed E-state index contributed by atoms with van der Waals surface area (Å²) in [6.07, 6.45) is 0. The summed E-state index contributed by atoms with van der Waals surface area (Å²) in [5, 5.41) is 7.03. The van der Waals surface area contributed by atoms with Crippen molar-refractivity contribution in [1.82, 2.24) is 9.13 Å². The van der Waals surface area contributed by atoms with Crippen molar-refractivity contribution >= 4 is 99.7 Å². The van der Waals surface area contributed by atoms with Gasteiger partial charge in [-0.05, 0) is 132 Å². The van der Waals surface area contributed by atoms with Gasteiger partial charge in [-0.1, -0.05) is 146 Å². The number of hydrogen-bond acceptors (Lipinski definition) is 3. The van der Waals surface area contributed by atoms with Gasteiger partial charge in [0.25, 0.3) is 0 Å². The minimum atomic E-state index is 0.868. The Morgan fingerprint density at radius 2 is 0.662 bits per heavy atom. The fraction of sp³-hybridized carbons (Fsp3) is 0. The van der Waals surface area contributed by atoms with Crippen molar-refractivity contribution in [1.29, 1.82) is 0 Å². The van der Waals surface area contributed by atoms with Crippen LogP contribution in [0.1, 0.15) is 0 Å². The molecule has 14 rings (SSSR count).